The summed E-state index contributed by atoms with van der Waals surface area (Å²) >= 11 is 0. The topological polar surface area (TPSA) is 43.6 Å². The first-order chi connectivity index (χ1) is 14.3. The van der Waals surface area contributed by atoms with Gasteiger partial charge in [-0.25, -0.2) is 4.68 Å². The van der Waals surface area contributed by atoms with Gasteiger partial charge < -0.3 is 0 Å². The molecule has 0 radical (unpaired) electrons. The van der Waals surface area contributed by atoms with Crippen LogP contribution in [0.1, 0.15) is 11.1 Å². The summed E-state index contributed by atoms with van der Waals surface area (Å²) in [5.74, 6) is 0.782. The molecule has 4 aromatic carbocycles. The molecule has 1 aliphatic rings. The van der Waals surface area contributed by atoms with Gasteiger partial charge in [0, 0.05) is 12.6 Å². The van der Waals surface area contributed by atoms with E-state index in [4.69, 9.17) is 0 Å². The number of aromatic nitrogens is 4. The third kappa shape index (κ3) is 2.36. The Morgan fingerprint density at radius 2 is 1.48 bits per heavy atom. The van der Waals surface area contributed by atoms with E-state index in [-0.39, 0.29) is 0 Å². The zero-order valence-electron chi connectivity index (χ0n) is 16.0. The highest BCUT2D eigenvalue weighted by Crippen LogP contribution is 2.44. The summed E-state index contributed by atoms with van der Waals surface area (Å²) in [5, 5.41) is 14.7. The summed E-state index contributed by atoms with van der Waals surface area (Å²) in [6, 6.07) is 28.1. The number of rotatable bonds is 2. The number of nitrogens with zero attached hydrogens (tertiary/aromatic N) is 4. The Morgan fingerprint density at radius 3 is 2.34 bits per heavy atom. The summed E-state index contributed by atoms with van der Waals surface area (Å²) < 4.78 is 1.75. The van der Waals surface area contributed by atoms with Crippen molar-refractivity contribution in [2.45, 2.75) is 6.42 Å². The standard InChI is InChI=1S/C25H18N4/c1-29-25(26-27-28-29)24-19-10-5-2-7-16(19)13-14-22(24)21-12-6-11-20-18-9-4-3-8-17(18)15-23(20)21/h2-14H,15H2,1H3. The summed E-state index contributed by atoms with van der Waals surface area (Å²) in [6.07, 6.45) is 0.949. The smallest absolute Gasteiger partial charge is 0.183 e. The van der Waals surface area contributed by atoms with E-state index in [2.05, 4.69) is 94.4 Å². The number of hydrogen-bond acceptors (Lipinski definition) is 3. The molecule has 1 heterocycles. The average molecular weight is 374 g/mol. The van der Waals surface area contributed by atoms with E-state index < -0.39 is 0 Å². The molecule has 1 aromatic heterocycles. The van der Waals surface area contributed by atoms with Crippen molar-refractivity contribution < 1.29 is 0 Å². The van der Waals surface area contributed by atoms with E-state index in [1.165, 1.54) is 38.8 Å². The second-order valence-corrected chi connectivity index (χ2v) is 7.50. The average Bonchev–Trinajstić information content (AvgIpc) is 3.36. The number of fused-ring (bicyclic) bond motifs is 4. The summed E-state index contributed by atoms with van der Waals surface area (Å²) in [4.78, 5) is 0. The van der Waals surface area contributed by atoms with Crippen molar-refractivity contribution >= 4 is 10.8 Å². The van der Waals surface area contributed by atoms with E-state index in [1.807, 2.05) is 7.05 Å². The van der Waals surface area contributed by atoms with Crippen LogP contribution in [0.2, 0.25) is 0 Å². The first kappa shape index (κ1) is 16.2. The molecule has 0 aliphatic heterocycles. The molecule has 29 heavy (non-hydrogen) atoms. The molecule has 0 amide bonds. The zero-order valence-corrected chi connectivity index (χ0v) is 16.0. The van der Waals surface area contributed by atoms with Crippen molar-refractivity contribution in [3.8, 4) is 33.6 Å². The van der Waals surface area contributed by atoms with E-state index >= 15 is 0 Å². The fourth-order valence-electron chi connectivity index (χ4n) is 4.59. The lowest BCUT2D eigenvalue weighted by Crippen LogP contribution is -1.99. The third-order valence-electron chi connectivity index (χ3n) is 5.91. The Bertz CT molecular complexity index is 1400. The van der Waals surface area contributed by atoms with Gasteiger partial charge in [-0.15, -0.1) is 5.10 Å². The van der Waals surface area contributed by atoms with Crippen molar-refractivity contribution in [2.24, 2.45) is 7.05 Å². The fourth-order valence-corrected chi connectivity index (χ4v) is 4.59. The van der Waals surface area contributed by atoms with Crippen LogP contribution < -0.4 is 0 Å². The van der Waals surface area contributed by atoms with Crippen LogP contribution in [-0.2, 0) is 13.5 Å². The highest BCUT2D eigenvalue weighted by atomic mass is 15.5. The highest BCUT2D eigenvalue weighted by Gasteiger charge is 2.24. The van der Waals surface area contributed by atoms with Gasteiger partial charge in [-0.2, -0.15) is 0 Å². The van der Waals surface area contributed by atoms with Gasteiger partial charge in [0.1, 0.15) is 0 Å². The van der Waals surface area contributed by atoms with Crippen molar-refractivity contribution in [1.82, 2.24) is 20.2 Å². The van der Waals surface area contributed by atoms with Gasteiger partial charge in [0.25, 0.3) is 0 Å². The third-order valence-corrected chi connectivity index (χ3v) is 5.91. The minimum atomic E-state index is 0.782. The molecule has 0 atom stereocenters. The Labute approximate surface area is 168 Å². The van der Waals surface area contributed by atoms with Crippen molar-refractivity contribution in [3.05, 3.63) is 90.0 Å². The van der Waals surface area contributed by atoms with Crippen LogP contribution >= 0.6 is 0 Å². The lowest BCUT2D eigenvalue weighted by atomic mass is 9.89. The normalized spacial score (nSPS) is 12.2. The van der Waals surface area contributed by atoms with Crippen molar-refractivity contribution in [1.29, 1.82) is 0 Å². The molecule has 0 fully saturated rings. The number of benzene rings is 4. The second-order valence-electron chi connectivity index (χ2n) is 7.50. The van der Waals surface area contributed by atoms with E-state index in [0.29, 0.717) is 0 Å². The van der Waals surface area contributed by atoms with Gasteiger partial charge in [0.15, 0.2) is 5.82 Å². The first-order valence-corrected chi connectivity index (χ1v) is 9.76. The molecule has 4 nitrogen and oxygen atoms in total. The zero-order chi connectivity index (χ0) is 19.4. The first-order valence-electron chi connectivity index (χ1n) is 9.76. The van der Waals surface area contributed by atoms with Crippen LogP contribution in [0.15, 0.2) is 78.9 Å². The number of hydrogen-bond donors (Lipinski definition) is 0. The fraction of sp³-hybridized carbons (Fsp3) is 0.0800. The number of tetrazole rings is 1. The molecule has 6 rings (SSSR count). The van der Waals surface area contributed by atoms with E-state index in [9.17, 15) is 0 Å². The maximum atomic E-state index is 4.36. The molecular weight excluding hydrogens is 356 g/mol. The predicted molar refractivity (Wildman–Crippen MR) is 115 cm³/mol. The maximum Gasteiger partial charge on any atom is 0.183 e. The Hall–Kier alpha value is -3.79. The van der Waals surface area contributed by atoms with Gasteiger partial charge >= 0.3 is 0 Å². The van der Waals surface area contributed by atoms with Gasteiger partial charge in [-0.3, -0.25) is 0 Å². The van der Waals surface area contributed by atoms with E-state index in [1.54, 1.807) is 4.68 Å². The van der Waals surface area contributed by atoms with Crippen molar-refractivity contribution in [3.63, 3.8) is 0 Å². The van der Waals surface area contributed by atoms with Crippen LogP contribution in [-0.4, -0.2) is 20.2 Å². The summed E-state index contributed by atoms with van der Waals surface area (Å²) in [7, 11) is 1.89. The van der Waals surface area contributed by atoms with Crippen LogP contribution in [0, 0.1) is 0 Å². The molecule has 0 spiro atoms. The Balaban J connectivity index is 1.68. The molecule has 4 heteroatoms. The Morgan fingerprint density at radius 1 is 0.724 bits per heavy atom. The molecule has 0 bridgehead atoms. The monoisotopic (exact) mass is 374 g/mol. The lowest BCUT2D eigenvalue weighted by Gasteiger charge is -2.15. The quantitative estimate of drug-likeness (QED) is 0.415. The molecular formula is C25H18N4. The SMILES string of the molecule is Cn1nnnc1-c1c(-c2cccc3c2Cc2ccccc2-3)ccc2ccccc12. The largest absolute Gasteiger partial charge is 0.229 e. The van der Waals surface area contributed by atoms with Crippen molar-refractivity contribution in [2.75, 3.05) is 0 Å². The van der Waals surface area contributed by atoms with Gasteiger partial charge in [-0.05, 0) is 61.0 Å². The highest BCUT2D eigenvalue weighted by molar-refractivity contribution is 6.04. The molecule has 0 saturated heterocycles. The van der Waals surface area contributed by atoms with E-state index in [0.717, 1.165) is 23.2 Å². The van der Waals surface area contributed by atoms with Crippen LogP contribution in [0.4, 0.5) is 0 Å². The van der Waals surface area contributed by atoms with Crippen LogP contribution in [0.5, 0.6) is 0 Å². The van der Waals surface area contributed by atoms with Crippen LogP contribution in [0.3, 0.4) is 0 Å². The van der Waals surface area contributed by atoms with Gasteiger partial charge in [0.05, 0.1) is 0 Å². The predicted octanol–water partition coefficient (Wildman–Crippen LogP) is 5.27. The lowest BCUT2D eigenvalue weighted by molar-refractivity contribution is 0.715. The summed E-state index contributed by atoms with van der Waals surface area (Å²) in [5.41, 5.74) is 8.94. The maximum absolute atomic E-state index is 4.36. The molecule has 5 aromatic rings. The van der Waals surface area contributed by atoms with Gasteiger partial charge in [0.2, 0.25) is 0 Å². The molecule has 138 valence electrons. The molecule has 1 aliphatic carbocycles. The van der Waals surface area contributed by atoms with Crippen LogP contribution in [0.25, 0.3) is 44.4 Å². The minimum absolute atomic E-state index is 0.782. The summed E-state index contributed by atoms with van der Waals surface area (Å²) in [6.45, 7) is 0. The molecule has 0 saturated carbocycles. The number of aryl methyl sites for hydroxylation is 1. The van der Waals surface area contributed by atoms with Gasteiger partial charge in [-0.1, -0.05) is 78.9 Å². The Kier molecular flexibility index (Phi) is 3.41. The molecule has 0 N–H and O–H groups in total. The second kappa shape index (κ2) is 6.11. The minimum Gasteiger partial charge on any atom is -0.229 e. The molecule has 0 unspecified atom stereocenters.